The van der Waals surface area contributed by atoms with Crippen LogP contribution in [0.4, 0.5) is 4.79 Å². The lowest BCUT2D eigenvalue weighted by Crippen LogP contribution is -2.31. The van der Waals surface area contributed by atoms with Crippen LogP contribution in [0.2, 0.25) is 0 Å². The van der Waals surface area contributed by atoms with E-state index in [1.54, 1.807) is 7.11 Å². The Hall–Kier alpha value is -1.55. The number of nitrogens with zero attached hydrogens (tertiary/aromatic N) is 1. The van der Waals surface area contributed by atoms with Crippen molar-refractivity contribution >= 4 is 6.03 Å². The first-order valence-corrected chi connectivity index (χ1v) is 6.38. The van der Waals surface area contributed by atoms with E-state index < -0.39 is 0 Å². The van der Waals surface area contributed by atoms with Gasteiger partial charge in [-0.25, -0.2) is 4.79 Å². The molecule has 1 aliphatic heterocycles. The molecule has 0 bridgehead atoms. The van der Waals surface area contributed by atoms with E-state index in [9.17, 15) is 4.79 Å². The summed E-state index contributed by atoms with van der Waals surface area (Å²) >= 11 is 0. The van der Waals surface area contributed by atoms with Gasteiger partial charge >= 0.3 is 6.03 Å². The van der Waals surface area contributed by atoms with E-state index in [4.69, 9.17) is 4.74 Å². The van der Waals surface area contributed by atoms with Gasteiger partial charge < -0.3 is 15.0 Å². The predicted octanol–water partition coefficient (Wildman–Crippen LogP) is 1.66. The fraction of sp³-hybridized carbons (Fsp3) is 0.500. The minimum atomic E-state index is 0.0325. The molecule has 1 heterocycles. The zero-order valence-corrected chi connectivity index (χ0v) is 10.8. The zero-order valence-electron chi connectivity index (χ0n) is 10.8. The van der Waals surface area contributed by atoms with Crippen molar-refractivity contribution in [2.45, 2.75) is 18.9 Å². The Bertz CT molecular complexity index is 381. The third-order valence-electron chi connectivity index (χ3n) is 3.25. The van der Waals surface area contributed by atoms with Crippen LogP contribution in [-0.4, -0.2) is 43.8 Å². The number of hydrogen-bond acceptors (Lipinski definition) is 2. The summed E-state index contributed by atoms with van der Waals surface area (Å²) in [6.07, 6.45) is 1.99. The zero-order chi connectivity index (χ0) is 12.8. The lowest BCUT2D eigenvalue weighted by Gasteiger charge is -2.13. The Morgan fingerprint density at radius 2 is 2.17 bits per heavy atom. The molecule has 4 heteroatoms. The third kappa shape index (κ3) is 3.47. The Morgan fingerprint density at radius 1 is 1.39 bits per heavy atom. The fourth-order valence-electron chi connectivity index (χ4n) is 2.20. The van der Waals surface area contributed by atoms with Crippen molar-refractivity contribution in [2.24, 2.45) is 0 Å². The molecule has 0 radical (unpaired) electrons. The van der Waals surface area contributed by atoms with Crippen molar-refractivity contribution in [3.05, 3.63) is 35.9 Å². The maximum Gasteiger partial charge on any atom is 0.317 e. The van der Waals surface area contributed by atoms with Gasteiger partial charge in [0.1, 0.15) is 0 Å². The Morgan fingerprint density at radius 3 is 2.89 bits per heavy atom. The molecular formula is C14H20N2O2. The number of ether oxygens (including phenoxy) is 1. The third-order valence-corrected chi connectivity index (χ3v) is 3.25. The summed E-state index contributed by atoms with van der Waals surface area (Å²) in [6.45, 7) is 2.05. The molecule has 2 amide bonds. The minimum absolute atomic E-state index is 0.0325. The molecule has 0 aliphatic carbocycles. The fourth-order valence-corrected chi connectivity index (χ4v) is 2.20. The van der Waals surface area contributed by atoms with Crippen molar-refractivity contribution < 1.29 is 9.53 Å². The minimum Gasteiger partial charge on any atom is -0.383 e. The second kappa shape index (κ2) is 6.40. The maximum absolute atomic E-state index is 11.7. The van der Waals surface area contributed by atoms with Gasteiger partial charge in [-0.1, -0.05) is 30.3 Å². The van der Waals surface area contributed by atoms with Crippen molar-refractivity contribution in [3.8, 4) is 0 Å². The van der Waals surface area contributed by atoms with Gasteiger partial charge in [-0.2, -0.15) is 0 Å². The van der Waals surface area contributed by atoms with Gasteiger partial charge in [-0.15, -0.1) is 0 Å². The summed E-state index contributed by atoms with van der Waals surface area (Å²) < 4.78 is 4.99. The topological polar surface area (TPSA) is 41.6 Å². The molecule has 0 aromatic heterocycles. The smallest absolute Gasteiger partial charge is 0.317 e. The lowest BCUT2D eigenvalue weighted by atomic mass is 10.1. The molecule has 1 unspecified atom stereocenters. The normalized spacial score (nSPS) is 19.1. The SMILES string of the molecule is COCCN1CC(CCc2ccccc2)NC1=O. The number of aryl methyl sites for hydroxylation is 1. The van der Waals surface area contributed by atoms with Gasteiger partial charge in [0, 0.05) is 26.2 Å². The monoisotopic (exact) mass is 248 g/mol. The predicted molar refractivity (Wildman–Crippen MR) is 70.5 cm³/mol. The number of hydrogen-bond donors (Lipinski definition) is 1. The standard InChI is InChI=1S/C14H20N2O2/c1-18-10-9-16-11-13(15-14(16)17)8-7-12-5-3-2-4-6-12/h2-6,13H,7-11H2,1H3,(H,15,17). The molecule has 1 aromatic rings. The maximum atomic E-state index is 11.7. The van der Waals surface area contributed by atoms with Gasteiger partial charge in [0.05, 0.1) is 6.61 Å². The summed E-state index contributed by atoms with van der Waals surface area (Å²) in [5.74, 6) is 0. The average molecular weight is 248 g/mol. The molecule has 1 saturated heterocycles. The van der Waals surface area contributed by atoms with E-state index in [0.29, 0.717) is 13.2 Å². The van der Waals surface area contributed by atoms with Gasteiger partial charge in [-0.3, -0.25) is 0 Å². The van der Waals surface area contributed by atoms with E-state index in [-0.39, 0.29) is 12.1 Å². The highest BCUT2D eigenvalue weighted by Gasteiger charge is 2.27. The first-order valence-electron chi connectivity index (χ1n) is 6.38. The van der Waals surface area contributed by atoms with Gasteiger partial charge in [0.25, 0.3) is 0 Å². The molecule has 0 saturated carbocycles. The number of carbonyl (C=O) groups excluding carboxylic acids is 1. The van der Waals surface area contributed by atoms with Crippen LogP contribution >= 0.6 is 0 Å². The summed E-state index contributed by atoms with van der Waals surface area (Å²) in [5, 5.41) is 3.01. The molecule has 18 heavy (non-hydrogen) atoms. The molecule has 4 nitrogen and oxygen atoms in total. The van der Waals surface area contributed by atoms with Crippen LogP contribution in [0.3, 0.4) is 0 Å². The summed E-state index contributed by atoms with van der Waals surface area (Å²) in [6, 6.07) is 10.7. The Labute approximate surface area is 108 Å². The molecule has 1 aliphatic rings. The molecular weight excluding hydrogens is 228 g/mol. The summed E-state index contributed by atoms with van der Waals surface area (Å²) in [5.41, 5.74) is 1.32. The van der Waals surface area contributed by atoms with Crippen LogP contribution in [0.25, 0.3) is 0 Å². The van der Waals surface area contributed by atoms with Gasteiger partial charge in [-0.05, 0) is 18.4 Å². The number of amides is 2. The second-order valence-corrected chi connectivity index (χ2v) is 4.61. The van der Waals surface area contributed by atoms with E-state index in [0.717, 1.165) is 19.4 Å². The largest absolute Gasteiger partial charge is 0.383 e. The molecule has 1 fully saturated rings. The van der Waals surface area contributed by atoms with Gasteiger partial charge in [0.15, 0.2) is 0 Å². The lowest BCUT2D eigenvalue weighted by molar-refractivity contribution is 0.161. The molecule has 98 valence electrons. The summed E-state index contributed by atoms with van der Waals surface area (Å²) in [7, 11) is 1.65. The van der Waals surface area contributed by atoms with E-state index in [1.807, 2.05) is 23.1 Å². The van der Waals surface area contributed by atoms with Crippen molar-refractivity contribution in [3.63, 3.8) is 0 Å². The molecule has 0 spiro atoms. The quantitative estimate of drug-likeness (QED) is 0.832. The molecule has 1 N–H and O–H groups in total. The summed E-state index contributed by atoms with van der Waals surface area (Å²) in [4.78, 5) is 13.5. The highest BCUT2D eigenvalue weighted by Crippen LogP contribution is 2.11. The Kier molecular flexibility index (Phi) is 4.59. The van der Waals surface area contributed by atoms with E-state index in [2.05, 4.69) is 17.4 Å². The van der Waals surface area contributed by atoms with E-state index >= 15 is 0 Å². The number of nitrogens with one attached hydrogen (secondary N) is 1. The average Bonchev–Trinajstić information content (AvgIpc) is 2.76. The van der Waals surface area contributed by atoms with Crippen LogP contribution in [-0.2, 0) is 11.2 Å². The van der Waals surface area contributed by atoms with Crippen LogP contribution in [0.1, 0.15) is 12.0 Å². The molecule has 1 atom stereocenters. The Balaban J connectivity index is 1.77. The van der Waals surface area contributed by atoms with Crippen LogP contribution in [0.15, 0.2) is 30.3 Å². The molecule has 2 rings (SSSR count). The number of methoxy groups -OCH3 is 1. The number of benzene rings is 1. The van der Waals surface area contributed by atoms with Crippen molar-refractivity contribution in [1.82, 2.24) is 10.2 Å². The number of urea groups is 1. The number of rotatable bonds is 6. The highest BCUT2D eigenvalue weighted by atomic mass is 16.5. The highest BCUT2D eigenvalue weighted by molar-refractivity contribution is 5.76. The van der Waals surface area contributed by atoms with Gasteiger partial charge in [0.2, 0.25) is 0 Å². The van der Waals surface area contributed by atoms with E-state index in [1.165, 1.54) is 5.56 Å². The molecule has 1 aromatic carbocycles. The van der Waals surface area contributed by atoms with Crippen LogP contribution in [0, 0.1) is 0 Å². The second-order valence-electron chi connectivity index (χ2n) is 4.61. The number of carbonyl (C=O) groups is 1. The van der Waals surface area contributed by atoms with Crippen LogP contribution < -0.4 is 5.32 Å². The van der Waals surface area contributed by atoms with Crippen molar-refractivity contribution in [2.75, 3.05) is 26.8 Å². The first kappa shape index (κ1) is 12.9. The van der Waals surface area contributed by atoms with Crippen LogP contribution in [0.5, 0.6) is 0 Å². The first-order chi connectivity index (χ1) is 8.79. The van der Waals surface area contributed by atoms with Crippen molar-refractivity contribution in [1.29, 1.82) is 0 Å².